The highest BCUT2D eigenvalue weighted by molar-refractivity contribution is 5.27. The van der Waals surface area contributed by atoms with Crippen molar-refractivity contribution in [2.75, 3.05) is 13.2 Å². The molecular weight excluding hydrogens is 216 g/mol. The van der Waals surface area contributed by atoms with E-state index in [-0.39, 0.29) is 19.3 Å². The standard InChI is InChI=1S/C13H18N2O2/c1-2-12(10-16)15-9-11-3-5-13(6-4-11)17-8-7-14/h3-6,12,15-16H,2,8-10H2,1H3. The van der Waals surface area contributed by atoms with Crippen molar-refractivity contribution in [3.05, 3.63) is 29.8 Å². The molecule has 4 heteroatoms. The van der Waals surface area contributed by atoms with Crippen LogP contribution in [-0.4, -0.2) is 24.4 Å². The average Bonchev–Trinajstić information content (AvgIpc) is 2.39. The fourth-order valence-electron chi connectivity index (χ4n) is 1.42. The zero-order chi connectivity index (χ0) is 12.5. The Hall–Kier alpha value is -1.57. The monoisotopic (exact) mass is 234 g/mol. The minimum atomic E-state index is 0.0695. The Balaban J connectivity index is 2.42. The summed E-state index contributed by atoms with van der Waals surface area (Å²) in [6, 6.07) is 9.65. The quantitative estimate of drug-likeness (QED) is 0.749. The van der Waals surface area contributed by atoms with Gasteiger partial charge in [-0.2, -0.15) is 5.26 Å². The predicted molar refractivity (Wildman–Crippen MR) is 65.6 cm³/mol. The number of benzene rings is 1. The number of hydrogen-bond donors (Lipinski definition) is 2. The zero-order valence-electron chi connectivity index (χ0n) is 10.0. The van der Waals surface area contributed by atoms with Crippen molar-refractivity contribution < 1.29 is 9.84 Å². The predicted octanol–water partition coefficient (Wildman–Crippen LogP) is 1.45. The number of nitrogens with one attached hydrogen (secondary N) is 1. The van der Waals surface area contributed by atoms with Gasteiger partial charge in [-0.25, -0.2) is 0 Å². The second-order valence-corrected chi connectivity index (χ2v) is 3.76. The largest absolute Gasteiger partial charge is 0.479 e. The molecule has 0 aromatic heterocycles. The number of nitrogens with zero attached hydrogens (tertiary/aromatic N) is 1. The van der Waals surface area contributed by atoms with E-state index in [1.54, 1.807) is 0 Å². The van der Waals surface area contributed by atoms with E-state index in [4.69, 9.17) is 15.1 Å². The van der Waals surface area contributed by atoms with Crippen LogP contribution in [0.3, 0.4) is 0 Å². The van der Waals surface area contributed by atoms with Crippen molar-refractivity contribution >= 4 is 0 Å². The summed E-state index contributed by atoms with van der Waals surface area (Å²) in [5.41, 5.74) is 1.13. The van der Waals surface area contributed by atoms with E-state index in [0.29, 0.717) is 5.75 Å². The van der Waals surface area contributed by atoms with E-state index in [2.05, 4.69) is 5.32 Å². The van der Waals surface area contributed by atoms with Gasteiger partial charge in [-0.1, -0.05) is 19.1 Å². The van der Waals surface area contributed by atoms with Crippen LogP contribution in [0.1, 0.15) is 18.9 Å². The van der Waals surface area contributed by atoms with Gasteiger partial charge in [0.1, 0.15) is 11.8 Å². The number of aliphatic hydroxyl groups excluding tert-OH is 1. The normalized spacial score (nSPS) is 11.8. The minimum absolute atomic E-state index is 0.0695. The summed E-state index contributed by atoms with van der Waals surface area (Å²) in [6.07, 6.45) is 0.903. The molecule has 0 aliphatic rings. The summed E-state index contributed by atoms with van der Waals surface area (Å²) in [5, 5.41) is 20.7. The van der Waals surface area contributed by atoms with Crippen molar-refractivity contribution in [2.45, 2.75) is 25.9 Å². The topological polar surface area (TPSA) is 65.3 Å². The molecule has 92 valence electrons. The Morgan fingerprint density at radius 1 is 1.41 bits per heavy atom. The van der Waals surface area contributed by atoms with E-state index < -0.39 is 0 Å². The fourth-order valence-corrected chi connectivity index (χ4v) is 1.42. The molecule has 1 rings (SSSR count). The first-order chi connectivity index (χ1) is 8.30. The van der Waals surface area contributed by atoms with Gasteiger partial charge in [-0.3, -0.25) is 0 Å². The molecule has 0 radical (unpaired) electrons. The van der Waals surface area contributed by atoms with Crippen LogP contribution in [0.2, 0.25) is 0 Å². The summed E-state index contributed by atoms with van der Waals surface area (Å²) in [7, 11) is 0. The van der Waals surface area contributed by atoms with Crippen LogP contribution in [0.25, 0.3) is 0 Å². The lowest BCUT2D eigenvalue weighted by Crippen LogP contribution is -2.31. The minimum Gasteiger partial charge on any atom is -0.479 e. The first kappa shape index (κ1) is 13.5. The van der Waals surface area contributed by atoms with Gasteiger partial charge >= 0.3 is 0 Å². The Kier molecular flexibility index (Phi) is 6.08. The van der Waals surface area contributed by atoms with Gasteiger partial charge in [0.05, 0.1) is 6.61 Å². The van der Waals surface area contributed by atoms with E-state index >= 15 is 0 Å². The lowest BCUT2D eigenvalue weighted by molar-refractivity contribution is 0.238. The van der Waals surface area contributed by atoms with E-state index in [9.17, 15) is 0 Å². The summed E-state index contributed by atoms with van der Waals surface area (Å²) < 4.78 is 5.16. The second-order valence-electron chi connectivity index (χ2n) is 3.76. The third kappa shape index (κ3) is 4.85. The first-order valence-corrected chi connectivity index (χ1v) is 5.73. The number of ether oxygens (including phenoxy) is 1. The average molecular weight is 234 g/mol. The molecule has 1 aromatic rings. The van der Waals surface area contributed by atoms with Crippen molar-refractivity contribution in [2.24, 2.45) is 0 Å². The molecule has 0 bridgehead atoms. The van der Waals surface area contributed by atoms with E-state index in [1.165, 1.54) is 0 Å². The molecule has 2 N–H and O–H groups in total. The molecule has 0 fully saturated rings. The van der Waals surface area contributed by atoms with Crippen molar-refractivity contribution in [3.63, 3.8) is 0 Å². The molecule has 0 saturated heterocycles. The van der Waals surface area contributed by atoms with Gasteiger partial charge in [-0.05, 0) is 24.1 Å². The highest BCUT2D eigenvalue weighted by atomic mass is 16.5. The molecule has 1 aromatic carbocycles. The van der Waals surface area contributed by atoms with Gasteiger partial charge in [-0.15, -0.1) is 0 Å². The van der Waals surface area contributed by atoms with Crippen LogP contribution in [0.15, 0.2) is 24.3 Å². The van der Waals surface area contributed by atoms with Crippen LogP contribution >= 0.6 is 0 Å². The number of rotatable bonds is 7. The number of aliphatic hydroxyl groups is 1. The van der Waals surface area contributed by atoms with Crippen molar-refractivity contribution in [1.29, 1.82) is 5.26 Å². The summed E-state index contributed by atoms with van der Waals surface area (Å²) in [4.78, 5) is 0. The number of hydrogen-bond acceptors (Lipinski definition) is 4. The van der Waals surface area contributed by atoms with Gasteiger partial charge < -0.3 is 15.2 Å². The maximum Gasteiger partial charge on any atom is 0.174 e. The van der Waals surface area contributed by atoms with Gasteiger partial charge in [0.25, 0.3) is 0 Å². The molecule has 0 aliphatic carbocycles. The Bertz CT molecular complexity index is 353. The summed E-state index contributed by atoms with van der Waals surface area (Å²) in [5.74, 6) is 0.699. The number of nitriles is 1. The maximum absolute atomic E-state index is 9.03. The molecule has 1 unspecified atom stereocenters. The van der Waals surface area contributed by atoms with Gasteiger partial charge in [0.2, 0.25) is 0 Å². The lowest BCUT2D eigenvalue weighted by atomic mass is 10.2. The zero-order valence-corrected chi connectivity index (χ0v) is 10.0. The molecule has 1 atom stereocenters. The second kappa shape index (κ2) is 7.66. The molecule has 0 spiro atoms. The van der Waals surface area contributed by atoms with Crippen LogP contribution in [-0.2, 0) is 6.54 Å². The molecule has 0 aliphatic heterocycles. The molecule has 4 nitrogen and oxygen atoms in total. The molecule has 0 saturated carbocycles. The summed E-state index contributed by atoms with van der Waals surface area (Å²) >= 11 is 0. The van der Waals surface area contributed by atoms with Crippen LogP contribution in [0, 0.1) is 11.3 Å². The third-order valence-electron chi connectivity index (χ3n) is 2.53. The van der Waals surface area contributed by atoms with E-state index in [1.807, 2.05) is 37.3 Å². The molecule has 0 amide bonds. The Morgan fingerprint density at radius 2 is 2.12 bits per heavy atom. The highest BCUT2D eigenvalue weighted by Gasteiger charge is 2.03. The molecule has 17 heavy (non-hydrogen) atoms. The van der Waals surface area contributed by atoms with Crippen LogP contribution in [0.5, 0.6) is 5.75 Å². The third-order valence-corrected chi connectivity index (χ3v) is 2.53. The lowest BCUT2D eigenvalue weighted by Gasteiger charge is -2.13. The van der Waals surface area contributed by atoms with Gasteiger partial charge in [0, 0.05) is 12.6 Å². The highest BCUT2D eigenvalue weighted by Crippen LogP contribution is 2.12. The first-order valence-electron chi connectivity index (χ1n) is 5.73. The molecule has 0 heterocycles. The Morgan fingerprint density at radius 3 is 2.65 bits per heavy atom. The summed E-state index contributed by atoms with van der Waals surface area (Å²) in [6.45, 7) is 2.98. The van der Waals surface area contributed by atoms with Crippen molar-refractivity contribution in [3.8, 4) is 11.8 Å². The maximum atomic E-state index is 9.03. The fraction of sp³-hybridized carbons (Fsp3) is 0.462. The van der Waals surface area contributed by atoms with E-state index in [0.717, 1.165) is 18.5 Å². The smallest absolute Gasteiger partial charge is 0.174 e. The van der Waals surface area contributed by atoms with Gasteiger partial charge in [0.15, 0.2) is 6.61 Å². The van der Waals surface area contributed by atoms with Crippen LogP contribution in [0.4, 0.5) is 0 Å². The molecular formula is C13H18N2O2. The van der Waals surface area contributed by atoms with Crippen LogP contribution < -0.4 is 10.1 Å². The van der Waals surface area contributed by atoms with Crippen molar-refractivity contribution in [1.82, 2.24) is 5.32 Å². The Labute approximate surface area is 102 Å². The SMILES string of the molecule is CCC(CO)NCc1ccc(OCC#N)cc1.